The number of para-hydroxylation sites is 1. The summed E-state index contributed by atoms with van der Waals surface area (Å²) >= 11 is 0. The number of ether oxygens (including phenoxy) is 2. The molecule has 0 spiro atoms. The SMILES string of the molecule is CCNCC(C)(C)Oc1ccc(Oc2ccccc2)cc1. The van der Waals surface area contributed by atoms with Crippen LogP contribution in [0, 0.1) is 0 Å². The lowest BCUT2D eigenvalue weighted by Crippen LogP contribution is -2.40. The molecular formula is C18H23NO2. The van der Waals surface area contributed by atoms with Crippen LogP contribution in [0.4, 0.5) is 0 Å². The molecule has 0 unspecified atom stereocenters. The number of nitrogens with one attached hydrogen (secondary N) is 1. The molecule has 0 saturated heterocycles. The molecule has 0 aliphatic carbocycles. The first-order valence-corrected chi connectivity index (χ1v) is 7.32. The van der Waals surface area contributed by atoms with Crippen molar-refractivity contribution in [1.82, 2.24) is 5.32 Å². The minimum Gasteiger partial charge on any atom is -0.487 e. The topological polar surface area (TPSA) is 30.5 Å². The highest BCUT2D eigenvalue weighted by Gasteiger charge is 2.18. The molecule has 0 bridgehead atoms. The van der Waals surface area contributed by atoms with Gasteiger partial charge < -0.3 is 14.8 Å². The van der Waals surface area contributed by atoms with Gasteiger partial charge in [0.2, 0.25) is 0 Å². The Morgan fingerprint density at radius 3 is 2.05 bits per heavy atom. The number of benzene rings is 2. The standard InChI is InChI=1S/C18H23NO2/c1-4-19-14-18(2,3)21-17-12-10-16(11-13-17)20-15-8-6-5-7-9-15/h5-13,19H,4,14H2,1-3H3. The Hall–Kier alpha value is -2.00. The van der Waals surface area contributed by atoms with Crippen molar-refractivity contribution in [3.05, 3.63) is 54.6 Å². The predicted molar refractivity (Wildman–Crippen MR) is 86.2 cm³/mol. The molecule has 0 heterocycles. The summed E-state index contributed by atoms with van der Waals surface area (Å²) in [6.45, 7) is 7.99. The van der Waals surface area contributed by atoms with E-state index in [4.69, 9.17) is 9.47 Å². The number of likely N-dealkylation sites (N-methyl/N-ethyl adjacent to an activating group) is 1. The van der Waals surface area contributed by atoms with Crippen LogP contribution in [0.25, 0.3) is 0 Å². The molecule has 2 rings (SSSR count). The molecule has 112 valence electrons. The summed E-state index contributed by atoms with van der Waals surface area (Å²) in [5, 5.41) is 3.30. The van der Waals surface area contributed by atoms with Crippen LogP contribution in [0.2, 0.25) is 0 Å². The monoisotopic (exact) mass is 285 g/mol. The third kappa shape index (κ3) is 5.12. The molecule has 21 heavy (non-hydrogen) atoms. The lowest BCUT2D eigenvalue weighted by molar-refractivity contribution is 0.109. The average molecular weight is 285 g/mol. The minimum atomic E-state index is -0.238. The molecule has 0 saturated carbocycles. The first-order chi connectivity index (χ1) is 10.1. The molecule has 0 aromatic heterocycles. The van der Waals surface area contributed by atoms with Gasteiger partial charge in [0, 0.05) is 6.54 Å². The van der Waals surface area contributed by atoms with Crippen molar-refractivity contribution < 1.29 is 9.47 Å². The average Bonchev–Trinajstić information content (AvgIpc) is 2.48. The Balaban J connectivity index is 1.96. The van der Waals surface area contributed by atoms with Crippen molar-refractivity contribution in [3.63, 3.8) is 0 Å². The van der Waals surface area contributed by atoms with E-state index < -0.39 is 0 Å². The maximum atomic E-state index is 5.99. The third-order valence-corrected chi connectivity index (χ3v) is 3.00. The highest BCUT2D eigenvalue weighted by molar-refractivity contribution is 5.35. The van der Waals surface area contributed by atoms with Gasteiger partial charge in [-0.2, -0.15) is 0 Å². The zero-order valence-electron chi connectivity index (χ0n) is 12.9. The fourth-order valence-electron chi connectivity index (χ4n) is 1.98. The van der Waals surface area contributed by atoms with Gasteiger partial charge in [-0.3, -0.25) is 0 Å². The van der Waals surface area contributed by atoms with Crippen molar-refractivity contribution in [2.75, 3.05) is 13.1 Å². The molecule has 1 N–H and O–H groups in total. The third-order valence-electron chi connectivity index (χ3n) is 3.00. The van der Waals surface area contributed by atoms with E-state index in [9.17, 15) is 0 Å². The second kappa shape index (κ2) is 7.14. The number of hydrogen-bond acceptors (Lipinski definition) is 3. The van der Waals surface area contributed by atoms with E-state index in [1.54, 1.807) is 0 Å². The van der Waals surface area contributed by atoms with Crippen LogP contribution in [0.5, 0.6) is 17.2 Å². The van der Waals surface area contributed by atoms with Crippen molar-refractivity contribution in [1.29, 1.82) is 0 Å². The van der Waals surface area contributed by atoms with Crippen LogP contribution < -0.4 is 14.8 Å². The summed E-state index contributed by atoms with van der Waals surface area (Å²) in [7, 11) is 0. The van der Waals surface area contributed by atoms with Crippen LogP contribution in [-0.2, 0) is 0 Å². The van der Waals surface area contributed by atoms with E-state index in [1.165, 1.54) is 0 Å². The second-order valence-corrected chi connectivity index (χ2v) is 5.53. The molecule has 0 fully saturated rings. The maximum absolute atomic E-state index is 5.99. The summed E-state index contributed by atoms with van der Waals surface area (Å²) in [6, 6.07) is 17.5. The van der Waals surface area contributed by atoms with Crippen molar-refractivity contribution in [3.8, 4) is 17.2 Å². The highest BCUT2D eigenvalue weighted by atomic mass is 16.5. The van der Waals surface area contributed by atoms with E-state index in [1.807, 2.05) is 54.6 Å². The second-order valence-electron chi connectivity index (χ2n) is 5.53. The van der Waals surface area contributed by atoms with Gasteiger partial charge in [-0.05, 0) is 56.8 Å². The van der Waals surface area contributed by atoms with Gasteiger partial charge in [-0.1, -0.05) is 25.1 Å². The zero-order chi connectivity index (χ0) is 15.1. The Kier molecular flexibility index (Phi) is 5.23. The quantitative estimate of drug-likeness (QED) is 0.825. The van der Waals surface area contributed by atoms with Gasteiger partial charge in [0.25, 0.3) is 0 Å². The van der Waals surface area contributed by atoms with E-state index in [-0.39, 0.29) is 5.60 Å². The summed E-state index contributed by atoms with van der Waals surface area (Å²) in [5.41, 5.74) is -0.238. The number of hydrogen-bond donors (Lipinski definition) is 1. The summed E-state index contributed by atoms with van der Waals surface area (Å²) in [4.78, 5) is 0. The highest BCUT2D eigenvalue weighted by Crippen LogP contribution is 2.25. The Morgan fingerprint density at radius 1 is 0.857 bits per heavy atom. The summed E-state index contributed by atoms with van der Waals surface area (Å²) in [5.74, 6) is 2.48. The fourth-order valence-corrected chi connectivity index (χ4v) is 1.98. The van der Waals surface area contributed by atoms with E-state index >= 15 is 0 Å². The molecule has 3 heteroatoms. The molecule has 3 nitrogen and oxygen atoms in total. The maximum Gasteiger partial charge on any atom is 0.127 e. The van der Waals surface area contributed by atoms with Gasteiger partial charge in [0.05, 0.1) is 0 Å². The van der Waals surface area contributed by atoms with Gasteiger partial charge in [-0.25, -0.2) is 0 Å². The first kappa shape index (κ1) is 15.4. The van der Waals surface area contributed by atoms with E-state index in [0.717, 1.165) is 30.3 Å². The smallest absolute Gasteiger partial charge is 0.127 e. The molecule has 2 aromatic rings. The van der Waals surface area contributed by atoms with Crippen LogP contribution in [0.15, 0.2) is 54.6 Å². The molecule has 0 radical (unpaired) electrons. The van der Waals surface area contributed by atoms with Crippen molar-refractivity contribution in [2.24, 2.45) is 0 Å². The van der Waals surface area contributed by atoms with E-state index in [0.29, 0.717) is 0 Å². The van der Waals surface area contributed by atoms with Crippen molar-refractivity contribution in [2.45, 2.75) is 26.4 Å². The first-order valence-electron chi connectivity index (χ1n) is 7.32. The number of rotatable bonds is 7. The van der Waals surface area contributed by atoms with Gasteiger partial charge in [0.15, 0.2) is 0 Å². The van der Waals surface area contributed by atoms with Crippen LogP contribution in [0.1, 0.15) is 20.8 Å². The van der Waals surface area contributed by atoms with Gasteiger partial charge >= 0.3 is 0 Å². The van der Waals surface area contributed by atoms with Crippen molar-refractivity contribution >= 4 is 0 Å². The Labute approximate surface area is 126 Å². The largest absolute Gasteiger partial charge is 0.487 e. The molecule has 0 amide bonds. The molecule has 0 atom stereocenters. The van der Waals surface area contributed by atoms with Crippen LogP contribution in [-0.4, -0.2) is 18.7 Å². The lowest BCUT2D eigenvalue weighted by atomic mass is 10.1. The molecule has 0 aliphatic heterocycles. The molecular weight excluding hydrogens is 262 g/mol. The van der Waals surface area contributed by atoms with E-state index in [2.05, 4.69) is 26.1 Å². The Bertz CT molecular complexity index is 535. The molecule has 0 aliphatic rings. The fraction of sp³-hybridized carbons (Fsp3) is 0.333. The molecule has 2 aromatic carbocycles. The summed E-state index contributed by atoms with van der Waals surface area (Å²) < 4.78 is 11.8. The van der Waals surface area contributed by atoms with Gasteiger partial charge in [0.1, 0.15) is 22.8 Å². The summed E-state index contributed by atoms with van der Waals surface area (Å²) in [6.07, 6.45) is 0. The van der Waals surface area contributed by atoms with Crippen LogP contribution in [0.3, 0.4) is 0 Å². The van der Waals surface area contributed by atoms with Crippen LogP contribution >= 0.6 is 0 Å². The minimum absolute atomic E-state index is 0.238. The Morgan fingerprint density at radius 2 is 1.43 bits per heavy atom. The predicted octanol–water partition coefficient (Wildman–Crippen LogP) is 4.25. The lowest BCUT2D eigenvalue weighted by Gasteiger charge is -2.26. The zero-order valence-corrected chi connectivity index (χ0v) is 12.9. The van der Waals surface area contributed by atoms with Gasteiger partial charge in [-0.15, -0.1) is 0 Å². The normalized spacial score (nSPS) is 11.2.